The molecule has 210 valence electrons. The van der Waals surface area contributed by atoms with Crippen LogP contribution >= 0.6 is 11.3 Å². The van der Waals surface area contributed by atoms with Crippen molar-refractivity contribution in [2.45, 2.75) is 19.3 Å². The molecule has 0 radical (unpaired) electrons. The van der Waals surface area contributed by atoms with E-state index in [1.165, 1.54) is 42.4 Å². The summed E-state index contributed by atoms with van der Waals surface area (Å²) in [7, 11) is 0. The van der Waals surface area contributed by atoms with E-state index in [4.69, 9.17) is 0 Å². The molecule has 0 fully saturated rings. The van der Waals surface area contributed by atoms with Gasteiger partial charge in [-0.05, 0) is 82.4 Å². The van der Waals surface area contributed by atoms with Crippen molar-refractivity contribution in [2.24, 2.45) is 0 Å². The number of rotatable bonds is 2. The Balaban J connectivity index is 1.39. The van der Waals surface area contributed by atoms with Gasteiger partial charge in [0.2, 0.25) is 0 Å². The first-order valence-electron chi connectivity index (χ1n) is 15.1. The molecule has 0 unspecified atom stereocenters. The third-order valence-corrected chi connectivity index (χ3v) is 10.8. The van der Waals surface area contributed by atoms with Gasteiger partial charge in [-0.25, -0.2) is 0 Å². The molecule has 4 heteroatoms. The number of para-hydroxylation sites is 1. The van der Waals surface area contributed by atoms with Gasteiger partial charge in [-0.1, -0.05) is 74.5 Å². The van der Waals surface area contributed by atoms with Gasteiger partial charge in [0.25, 0.3) is 0 Å². The Labute approximate surface area is 264 Å². The number of thiophene rings is 1. The summed E-state index contributed by atoms with van der Waals surface area (Å²) >= 11 is 1.82. The summed E-state index contributed by atoms with van der Waals surface area (Å²) in [4.78, 5) is 0. The predicted octanol–water partition coefficient (Wildman–Crippen LogP) is 10.9. The van der Waals surface area contributed by atoms with Crippen LogP contribution in [0.4, 0.5) is 0 Å². The molecule has 0 spiro atoms. The fraction of sp³-hybridized carbons (Fsp3) is 0.0732. The van der Waals surface area contributed by atoms with Crippen LogP contribution in [0.1, 0.15) is 36.1 Å². The standard InChI is InChI=1S/C41H25N3S/c1-41(2)32-13-5-3-10-26(32)29-20-31-38(21-33(29)41)45-37-16-8-12-28(40(31)37)39-25(23-43)9-7-15-36(39)44-34-14-6-4-11-27(34)30-19-24(22-42)17-18-35(30)44/h3-21H,1-2H3. The van der Waals surface area contributed by atoms with Gasteiger partial charge in [0.1, 0.15) is 0 Å². The van der Waals surface area contributed by atoms with Crippen molar-refractivity contribution in [2.75, 3.05) is 0 Å². The largest absolute Gasteiger partial charge is 0.309 e. The van der Waals surface area contributed by atoms with Crippen molar-refractivity contribution in [1.29, 1.82) is 10.5 Å². The van der Waals surface area contributed by atoms with Crippen molar-refractivity contribution in [3.63, 3.8) is 0 Å². The van der Waals surface area contributed by atoms with E-state index in [1.54, 1.807) is 0 Å². The lowest BCUT2D eigenvalue weighted by atomic mass is 9.82. The summed E-state index contributed by atoms with van der Waals surface area (Å²) in [6, 6.07) is 45.0. The lowest BCUT2D eigenvalue weighted by Crippen LogP contribution is -2.14. The smallest absolute Gasteiger partial charge is 0.0998 e. The molecule has 0 aliphatic heterocycles. The van der Waals surface area contributed by atoms with Crippen LogP contribution in [-0.2, 0) is 5.41 Å². The van der Waals surface area contributed by atoms with Gasteiger partial charge < -0.3 is 4.57 Å². The molecule has 45 heavy (non-hydrogen) atoms. The average molecular weight is 592 g/mol. The predicted molar refractivity (Wildman–Crippen MR) is 186 cm³/mol. The highest BCUT2D eigenvalue weighted by Gasteiger charge is 2.36. The average Bonchev–Trinajstić information content (AvgIpc) is 3.68. The molecule has 8 aromatic rings. The number of hydrogen-bond acceptors (Lipinski definition) is 3. The first-order chi connectivity index (χ1) is 22.0. The number of hydrogen-bond donors (Lipinski definition) is 0. The van der Waals surface area contributed by atoms with E-state index in [0.717, 1.165) is 38.6 Å². The van der Waals surface area contributed by atoms with E-state index < -0.39 is 0 Å². The summed E-state index contributed by atoms with van der Waals surface area (Å²) in [5.41, 5.74) is 11.5. The minimum absolute atomic E-state index is 0.0678. The molecule has 0 bridgehead atoms. The van der Waals surface area contributed by atoms with Crippen LogP contribution in [-0.4, -0.2) is 4.57 Å². The van der Waals surface area contributed by atoms with Crippen LogP contribution in [0.3, 0.4) is 0 Å². The zero-order valence-electron chi connectivity index (χ0n) is 24.7. The Bertz CT molecular complexity index is 2650. The zero-order valence-corrected chi connectivity index (χ0v) is 25.5. The Morgan fingerprint density at radius 1 is 0.600 bits per heavy atom. The third kappa shape index (κ3) is 3.43. The fourth-order valence-corrected chi connectivity index (χ4v) is 8.79. The molecular formula is C41H25N3S. The molecule has 1 aliphatic rings. The zero-order chi connectivity index (χ0) is 30.4. The van der Waals surface area contributed by atoms with Gasteiger partial charge in [0.15, 0.2) is 0 Å². The van der Waals surface area contributed by atoms with Crippen LogP contribution < -0.4 is 0 Å². The Hall–Kier alpha value is -5.68. The van der Waals surface area contributed by atoms with Gasteiger partial charge in [0.05, 0.1) is 40.0 Å². The van der Waals surface area contributed by atoms with Gasteiger partial charge in [0, 0.05) is 41.9 Å². The van der Waals surface area contributed by atoms with Crippen molar-refractivity contribution < 1.29 is 0 Å². The second-order valence-electron chi connectivity index (χ2n) is 12.4. The van der Waals surface area contributed by atoms with E-state index in [2.05, 4.69) is 103 Å². The van der Waals surface area contributed by atoms with E-state index >= 15 is 0 Å². The molecule has 0 N–H and O–H groups in total. The van der Waals surface area contributed by atoms with Gasteiger partial charge in [-0.2, -0.15) is 10.5 Å². The number of aromatic nitrogens is 1. The Morgan fingerprint density at radius 2 is 1.38 bits per heavy atom. The molecular weight excluding hydrogens is 567 g/mol. The molecule has 1 aliphatic carbocycles. The summed E-state index contributed by atoms with van der Waals surface area (Å²) in [5, 5.41) is 24.7. The molecule has 2 aromatic heterocycles. The molecule has 3 nitrogen and oxygen atoms in total. The van der Waals surface area contributed by atoms with Crippen molar-refractivity contribution >= 4 is 53.3 Å². The maximum atomic E-state index is 10.5. The molecule has 9 rings (SSSR count). The van der Waals surface area contributed by atoms with Gasteiger partial charge in [-0.15, -0.1) is 11.3 Å². The van der Waals surface area contributed by atoms with Crippen molar-refractivity contribution in [1.82, 2.24) is 4.57 Å². The minimum atomic E-state index is -0.0678. The highest BCUT2D eigenvalue weighted by molar-refractivity contribution is 7.26. The van der Waals surface area contributed by atoms with Gasteiger partial charge >= 0.3 is 0 Å². The van der Waals surface area contributed by atoms with Crippen LogP contribution in [0.5, 0.6) is 0 Å². The lowest BCUT2D eigenvalue weighted by Gasteiger charge is -2.21. The van der Waals surface area contributed by atoms with E-state index in [1.807, 2.05) is 53.8 Å². The Kier molecular flexibility index (Phi) is 5.25. The second-order valence-corrected chi connectivity index (χ2v) is 13.4. The number of nitrogens with zero attached hydrogens (tertiary/aromatic N) is 3. The number of fused-ring (bicyclic) bond motifs is 9. The third-order valence-electron chi connectivity index (χ3n) is 9.67. The summed E-state index contributed by atoms with van der Waals surface area (Å²) in [6.45, 7) is 4.64. The molecule has 0 saturated heterocycles. The van der Waals surface area contributed by atoms with E-state index in [-0.39, 0.29) is 5.41 Å². The van der Waals surface area contributed by atoms with Gasteiger partial charge in [-0.3, -0.25) is 0 Å². The number of benzene rings is 6. The SMILES string of the molecule is CC1(C)c2ccccc2-c2cc3c(cc21)sc1cccc(-c2c(C#N)cccc2-n2c4ccccc4c4cc(C#N)ccc42)c13. The van der Waals surface area contributed by atoms with Crippen LogP contribution in [0, 0.1) is 22.7 Å². The first kappa shape index (κ1) is 25.8. The maximum absolute atomic E-state index is 10.5. The van der Waals surface area contributed by atoms with Crippen LogP contribution in [0.25, 0.3) is 69.9 Å². The monoisotopic (exact) mass is 591 g/mol. The first-order valence-corrected chi connectivity index (χ1v) is 15.9. The molecule has 0 saturated carbocycles. The highest BCUT2D eigenvalue weighted by atomic mass is 32.1. The highest BCUT2D eigenvalue weighted by Crippen LogP contribution is 2.52. The quantitative estimate of drug-likeness (QED) is 0.201. The Morgan fingerprint density at radius 3 is 2.24 bits per heavy atom. The summed E-state index contributed by atoms with van der Waals surface area (Å²) in [6.07, 6.45) is 0. The lowest BCUT2D eigenvalue weighted by molar-refractivity contribution is 0.661. The van der Waals surface area contributed by atoms with Crippen LogP contribution in [0.2, 0.25) is 0 Å². The summed E-state index contributed by atoms with van der Waals surface area (Å²) in [5.74, 6) is 0. The molecule has 0 amide bonds. The molecule has 6 aromatic carbocycles. The second kappa shape index (κ2) is 9.16. The number of nitriles is 2. The maximum Gasteiger partial charge on any atom is 0.0998 e. The normalized spacial score (nSPS) is 13.2. The van der Waals surface area contributed by atoms with Crippen molar-refractivity contribution in [3.05, 3.63) is 138 Å². The molecule has 2 heterocycles. The fourth-order valence-electron chi connectivity index (χ4n) is 7.63. The topological polar surface area (TPSA) is 52.5 Å². The molecule has 0 atom stereocenters. The van der Waals surface area contributed by atoms with E-state index in [9.17, 15) is 10.5 Å². The van der Waals surface area contributed by atoms with Crippen molar-refractivity contribution in [3.8, 4) is 40.1 Å². The summed E-state index contributed by atoms with van der Waals surface area (Å²) < 4.78 is 4.72. The minimum Gasteiger partial charge on any atom is -0.309 e. The van der Waals surface area contributed by atoms with E-state index in [0.29, 0.717) is 11.1 Å². The van der Waals surface area contributed by atoms with Crippen LogP contribution in [0.15, 0.2) is 115 Å².